The molecule has 0 aliphatic rings. The maximum atomic E-state index is 12.4. The number of hydrogen-bond donors (Lipinski definition) is 2. The number of rotatable bonds is 4. The van der Waals surface area contributed by atoms with Crippen LogP contribution >= 0.6 is 31.9 Å². The monoisotopic (exact) mass is 410 g/mol. The number of halogens is 2. The molecule has 0 saturated heterocycles. The zero-order chi connectivity index (χ0) is 15.4. The summed E-state index contributed by atoms with van der Waals surface area (Å²) in [7, 11) is 0. The molecule has 110 valence electrons. The highest BCUT2D eigenvalue weighted by atomic mass is 79.9. The Morgan fingerprint density at radius 1 is 1.14 bits per heavy atom. The molecule has 3 nitrogen and oxygen atoms in total. The van der Waals surface area contributed by atoms with E-state index in [0.29, 0.717) is 5.56 Å². The van der Waals surface area contributed by atoms with Crippen molar-refractivity contribution in [1.82, 2.24) is 0 Å². The van der Waals surface area contributed by atoms with Crippen LogP contribution < -0.4 is 10.6 Å². The lowest BCUT2D eigenvalue weighted by atomic mass is 10.1. The average Bonchev–Trinajstić information content (AvgIpc) is 2.42. The van der Waals surface area contributed by atoms with Crippen LogP contribution in [0, 0.1) is 6.92 Å². The summed E-state index contributed by atoms with van der Waals surface area (Å²) in [5, 5.41) is 6.15. The van der Waals surface area contributed by atoms with E-state index in [0.717, 1.165) is 32.4 Å². The van der Waals surface area contributed by atoms with E-state index >= 15 is 0 Å². The highest BCUT2D eigenvalue weighted by molar-refractivity contribution is 9.11. The van der Waals surface area contributed by atoms with Crippen molar-refractivity contribution in [2.45, 2.75) is 13.8 Å². The largest absolute Gasteiger partial charge is 0.385 e. The predicted molar refractivity (Wildman–Crippen MR) is 95.1 cm³/mol. The number of aryl methyl sites for hydroxylation is 1. The third-order valence-corrected chi connectivity index (χ3v) is 4.18. The molecule has 2 aromatic carbocycles. The van der Waals surface area contributed by atoms with Gasteiger partial charge in [0, 0.05) is 26.7 Å². The van der Waals surface area contributed by atoms with Gasteiger partial charge in [0.1, 0.15) is 0 Å². The van der Waals surface area contributed by atoms with Crippen molar-refractivity contribution in [2.24, 2.45) is 0 Å². The zero-order valence-electron chi connectivity index (χ0n) is 11.8. The van der Waals surface area contributed by atoms with Gasteiger partial charge < -0.3 is 10.6 Å². The fourth-order valence-electron chi connectivity index (χ4n) is 2.01. The van der Waals surface area contributed by atoms with E-state index in [1.165, 1.54) is 0 Å². The van der Waals surface area contributed by atoms with Gasteiger partial charge in [0.25, 0.3) is 5.91 Å². The number of hydrogen-bond acceptors (Lipinski definition) is 2. The zero-order valence-corrected chi connectivity index (χ0v) is 15.0. The summed E-state index contributed by atoms with van der Waals surface area (Å²) in [6.45, 7) is 4.84. The number of nitrogens with one attached hydrogen (secondary N) is 2. The normalized spacial score (nSPS) is 10.3. The Morgan fingerprint density at radius 3 is 2.52 bits per heavy atom. The Labute approximate surface area is 141 Å². The molecular formula is C16H16Br2N2O. The Hall–Kier alpha value is -1.33. The topological polar surface area (TPSA) is 41.1 Å². The molecule has 1 amide bonds. The van der Waals surface area contributed by atoms with Crippen LogP contribution in [0.25, 0.3) is 0 Å². The quantitative estimate of drug-likeness (QED) is 0.725. The smallest absolute Gasteiger partial charge is 0.255 e. The van der Waals surface area contributed by atoms with Crippen LogP contribution in [-0.4, -0.2) is 12.5 Å². The molecule has 0 fully saturated rings. The minimum absolute atomic E-state index is 0.112. The van der Waals surface area contributed by atoms with Crippen LogP contribution in [0.3, 0.4) is 0 Å². The van der Waals surface area contributed by atoms with E-state index in [4.69, 9.17) is 0 Å². The van der Waals surface area contributed by atoms with Gasteiger partial charge in [-0.15, -0.1) is 0 Å². The number of amides is 1. The van der Waals surface area contributed by atoms with Crippen LogP contribution in [0.4, 0.5) is 11.4 Å². The van der Waals surface area contributed by atoms with Crippen molar-refractivity contribution in [1.29, 1.82) is 0 Å². The number of benzene rings is 2. The summed E-state index contributed by atoms with van der Waals surface area (Å²) in [5.74, 6) is -0.112. The third-order valence-electron chi connectivity index (χ3n) is 3.03. The first kappa shape index (κ1) is 16.0. The lowest BCUT2D eigenvalue weighted by molar-refractivity contribution is 0.102. The van der Waals surface area contributed by atoms with Crippen molar-refractivity contribution in [3.63, 3.8) is 0 Å². The van der Waals surface area contributed by atoms with Gasteiger partial charge in [-0.1, -0.05) is 15.9 Å². The minimum atomic E-state index is -0.112. The van der Waals surface area contributed by atoms with Gasteiger partial charge in [-0.05, 0) is 71.7 Å². The Bertz CT molecular complexity index is 671. The Balaban J connectivity index is 2.20. The molecule has 0 radical (unpaired) electrons. The standard InChI is InChI=1S/C16H16Br2N2O/c1-3-19-12-5-6-13(10(2)8-12)16(21)20-15-7-4-11(17)9-14(15)18/h4-9,19H,3H2,1-2H3,(H,20,21). The van der Waals surface area contributed by atoms with Crippen molar-refractivity contribution in [3.05, 3.63) is 56.5 Å². The second-order valence-corrected chi connectivity index (χ2v) is 6.41. The SMILES string of the molecule is CCNc1ccc(C(=O)Nc2ccc(Br)cc2Br)c(C)c1. The van der Waals surface area contributed by atoms with Crippen LogP contribution in [0.15, 0.2) is 45.3 Å². The van der Waals surface area contributed by atoms with Crippen molar-refractivity contribution in [3.8, 4) is 0 Å². The van der Waals surface area contributed by atoms with Crippen molar-refractivity contribution < 1.29 is 4.79 Å². The summed E-state index contributed by atoms with van der Waals surface area (Å²) in [4.78, 5) is 12.4. The third kappa shape index (κ3) is 4.08. The Morgan fingerprint density at radius 2 is 1.90 bits per heavy atom. The van der Waals surface area contributed by atoms with Gasteiger partial charge in [-0.3, -0.25) is 4.79 Å². The molecule has 0 spiro atoms. The molecule has 5 heteroatoms. The van der Waals surface area contributed by atoms with E-state index < -0.39 is 0 Å². The van der Waals surface area contributed by atoms with Gasteiger partial charge in [0.2, 0.25) is 0 Å². The van der Waals surface area contributed by atoms with Gasteiger partial charge in [-0.25, -0.2) is 0 Å². The lowest BCUT2D eigenvalue weighted by Crippen LogP contribution is -2.14. The van der Waals surface area contributed by atoms with Crippen LogP contribution in [-0.2, 0) is 0 Å². The molecule has 0 aliphatic heterocycles. The maximum Gasteiger partial charge on any atom is 0.255 e. The molecule has 2 aromatic rings. The number of carbonyl (C=O) groups excluding carboxylic acids is 1. The summed E-state index contributed by atoms with van der Waals surface area (Å²) < 4.78 is 1.80. The summed E-state index contributed by atoms with van der Waals surface area (Å²) in [5.41, 5.74) is 3.39. The van der Waals surface area contributed by atoms with Crippen molar-refractivity contribution in [2.75, 3.05) is 17.2 Å². The van der Waals surface area contributed by atoms with Gasteiger partial charge >= 0.3 is 0 Å². The van der Waals surface area contributed by atoms with Crippen LogP contribution in [0.2, 0.25) is 0 Å². The van der Waals surface area contributed by atoms with E-state index in [9.17, 15) is 4.79 Å². The Kier molecular flexibility index (Phi) is 5.42. The minimum Gasteiger partial charge on any atom is -0.385 e. The van der Waals surface area contributed by atoms with Crippen LogP contribution in [0.5, 0.6) is 0 Å². The molecule has 0 bridgehead atoms. The predicted octanol–water partition coefficient (Wildman–Crippen LogP) is 5.20. The van der Waals surface area contributed by atoms with Crippen LogP contribution in [0.1, 0.15) is 22.8 Å². The second kappa shape index (κ2) is 7.09. The molecule has 0 unspecified atom stereocenters. The van der Waals surface area contributed by atoms with Gasteiger partial charge in [-0.2, -0.15) is 0 Å². The first-order valence-corrected chi connectivity index (χ1v) is 8.20. The van der Waals surface area contributed by atoms with E-state index in [2.05, 4.69) is 42.5 Å². The summed E-state index contributed by atoms with van der Waals surface area (Å²) in [6, 6.07) is 11.4. The molecule has 0 aliphatic carbocycles. The molecule has 21 heavy (non-hydrogen) atoms. The highest BCUT2D eigenvalue weighted by Crippen LogP contribution is 2.27. The van der Waals surface area contributed by atoms with E-state index in [1.54, 1.807) is 0 Å². The average molecular weight is 412 g/mol. The molecule has 0 saturated carbocycles. The highest BCUT2D eigenvalue weighted by Gasteiger charge is 2.11. The first-order valence-electron chi connectivity index (χ1n) is 6.62. The molecule has 2 rings (SSSR count). The molecule has 0 aromatic heterocycles. The number of anilines is 2. The first-order chi connectivity index (χ1) is 10.0. The summed E-state index contributed by atoms with van der Waals surface area (Å²) in [6.07, 6.45) is 0. The molecular weight excluding hydrogens is 396 g/mol. The van der Waals surface area contributed by atoms with Crippen molar-refractivity contribution >= 4 is 49.1 Å². The second-order valence-electron chi connectivity index (χ2n) is 4.64. The number of carbonyl (C=O) groups is 1. The molecule has 0 atom stereocenters. The molecule has 2 N–H and O–H groups in total. The van der Waals surface area contributed by atoms with E-state index in [-0.39, 0.29) is 5.91 Å². The van der Waals surface area contributed by atoms with Gasteiger partial charge in [0.05, 0.1) is 5.69 Å². The lowest BCUT2D eigenvalue weighted by Gasteiger charge is -2.11. The van der Waals surface area contributed by atoms with E-state index in [1.807, 2.05) is 50.2 Å². The fourth-order valence-corrected chi connectivity index (χ4v) is 3.16. The maximum absolute atomic E-state index is 12.4. The molecule has 0 heterocycles. The summed E-state index contributed by atoms with van der Waals surface area (Å²) >= 11 is 6.84. The van der Waals surface area contributed by atoms with Gasteiger partial charge in [0.15, 0.2) is 0 Å². The fraction of sp³-hybridized carbons (Fsp3) is 0.188.